The van der Waals surface area contributed by atoms with Gasteiger partial charge in [0.1, 0.15) is 0 Å². The molecular weight excluding hydrogens is 271 g/mol. The monoisotopic (exact) mass is 286 g/mol. The molecule has 19 heavy (non-hydrogen) atoms. The van der Waals surface area contributed by atoms with Crippen molar-refractivity contribution in [2.45, 2.75) is 19.4 Å². The first kappa shape index (κ1) is 13.9. The topological polar surface area (TPSA) is 67.3 Å². The molecule has 0 aliphatic carbocycles. The molecule has 7 heteroatoms. The molecule has 1 amide bonds. The van der Waals surface area contributed by atoms with Crippen molar-refractivity contribution in [2.24, 2.45) is 0 Å². The van der Waals surface area contributed by atoms with Crippen molar-refractivity contribution in [3.63, 3.8) is 0 Å². The second-order valence-electron chi connectivity index (χ2n) is 4.49. The van der Waals surface area contributed by atoms with Gasteiger partial charge in [-0.2, -0.15) is 4.39 Å². The average molecular weight is 286 g/mol. The highest BCUT2D eigenvalue weighted by atomic mass is 32.2. The smallest absolute Gasteiger partial charge is 0.258 e. The Hall–Kier alpha value is -1.50. The van der Waals surface area contributed by atoms with E-state index in [2.05, 4.69) is 4.98 Å². The third-order valence-electron chi connectivity index (χ3n) is 3.24. The first-order chi connectivity index (χ1) is 8.94. The molecule has 0 radical (unpaired) electrons. The number of rotatable bonds is 3. The van der Waals surface area contributed by atoms with Crippen LogP contribution in [0.2, 0.25) is 0 Å². The number of amides is 1. The van der Waals surface area contributed by atoms with Crippen LogP contribution in [0.3, 0.4) is 0 Å². The summed E-state index contributed by atoms with van der Waals surface area (Å²) in [6.45, 7) is 2.09. The van der Waals surface area contributed by atoms with Gasteiger partial charge in [-0.1, -0.05) is 0 Å². The van der Waals surface area contributed by atoms with Crippen molar-refractivity contribution in [1.82, 2.24) is 9.88 Å². The second kappa shape index (κ2) is 5.24. The zero-order chi connectivity index (χ0) is 14.0. The van der Waals surface area contributed by atoms with Crippen LogP contribution < -0.4 is 0 Å². The summed E-state index contributed by atoms with van der Waals surface area (Å²) in [6, 6.07) is 2.47. The minimum absolute atomic E-state index is 0.0472. The predicted molar refractivity (Wildman–Crippen MR) is 68.0 cm³/mol. The summed E-state index contributed by atoms with van der Waals surface area (Å²) >= 11 is 0. The summed E-state index contributed by atoms with van der Waals surface area (Å²) in [5.74, 6) is -1.30. The van der Waals surface area contributed by atoms with Gasteiger partial charge in [0.25, 0.3) is 5.91 Å². The van der Waals surface area contributed by atoms with E-state index >= 15 is 0 Å². The molecule has 1 aliphatic heterocycles. The maximum absolute atomic E-state index is 13.5. The minimum atomic E-state index is -3.08. The van der Waals surface area contributed by atoms with Gasteiger partial charge in [0, 0.05) is 18.8 Å². The highest BCUT2D eigenvalue weighted by Crippen LogP contribution is 2.20. The molecule has 1 atom stereocenters. The molecule has 1 unspecified atom stereocenters. The van der Waals surface area contributed by atoms with Crippen LogP contribution in [0.1, 0.15) is 23.7 Å². The molecule has 1 aromatic heterocycles. The Labute approximate surface area is 111 Å². The van der Waals surface area contributed by atoms with Crippen molar-refractivity contribution >= 4 is 15.7 Å². The largest absolute Gasteiger partial charge is 0.335 e. The van der Waals surface area contributed by atoms with Gasteiger partial charge >= 0.3 is 0 Å². The SMILES string of the molecule is CCN(C(=O)c1cccnc1F)C1CCS(=O)(=O)C1. The fraction of sp³-hybridized carbons (Fsp3) is 0.500. The van der Waals surface area contributed by atoms with Crippen LogP contribution in [0, 0.1) is 5.95 Å². The average Bonchev–Trinajstić information content (AvgIpc) is 2.71. The van der Waals surface area contributed by atoms with Crippen molar-refractivity contribution in [1.29, 1.82) is 0 Å². The van der Waals surface area contributed by atoms with Gasteiger partial charge in [-0.15, -0.1) is 0 Å². The van der Waals surface area contributed by atoms with Gasteiger partial charge in [-0.05, 0) is 25.5 Å². The van der Waals surface area contributed by atoms with Crippen molar-refractivity contribution < 1.29 is 17.6 Å². The van der Waals surface area contributed by atoms with Gasteiger partial charge in [0.15, 0.2) is 9.84 Å². The summed E-state index contributed by atoms with van der Waals surface area (Å²) in [7, 11) is -3.08. The van der Waals surface area contributed by atoms with Crippen LogP contribution >= 0.6 is 0 Å². The number of carbonyl (C=O) groups excluding carboxylic acids is 1. The van der Waals surface area contributed by atoms with Crippen LogP contribution in [-0.2, 0) is 9.84 Å². The molecule has 1 aliphatic rings. The number of carbonyl (C=O) groups is 1. The quantitative estimate of drug-likeness (QED) is 0.773. The molecule has 0 aromatic carbocycles. The van der Waals surface area contributed by atoms with Gasteiger partial charge in [0.05, 0.1) is 17.1 Å². The van der Waals surface area contributed by atoms with Crippen molar-refractivity contribution in [3.8, 4) is 0 Å². The standard InChI is InChI=1S/C12H15FN2O3S/c1-2-15(9-5-7-19(17,18)8-9)12(16)10-4-3-6-14-11(10)13/h3-4,6,9H,2,5,7-8H2,1H3. The molecule has 104 valence electrons. The Morgan fingerprint density at radius 2 is 2.32 bits per heavy atom. The summed E-state index contributed by atoms with van der Waals surface area (Å²) in [6.07, 6.45) is 1.67. The molecule has 2 heterocycles. The van der Waals surface area contributed by atoms with Gasteiger partial charge < -0.3 is 4.90 Å². The van der Waals surface area contributed by atoms with Crippen LogP contribution in [0.5, 0.6) is 0 Å². The summed E-state index contributed by atoms with van der Waals surface area (Å²) < 4.78 is 36.4. The minimum Gasteiger partial charge on any atom is -0.335 e. The number of aromatic nitrogens is 1. The van der Waals surface area contributed by atoms with Crippen molar-refractivity contribution in [3.05, 3.63) is 29.8 Å². The molecule has 0 spiro atoms. The van der Waals surface area contributed by atoms with E-state index in [1.165, 1.54) is 23.2 Å². The highest BCUT2D eigenvalue weighted by Gasteiger charge is 2.34. The van der Waals surface area contributed by atoms with E-state index in [4.69, 9.17) is 0 Å². The van der Waals surface area contributed by atoms with E-state index in [-0.39, 0.29) is 23.1 Å². The summed E-state index contributed by atoms with van der Waals surface area (Å²) in [4.78, 5) is 17.1. The van der Waals surface area contributed by atoms with E-state index in [9.17, 15) is 17.6 Å². The summed E-state index contributed by atoms with van der Waals surface area (Å²) in [5.41, 5.74) is -0.117. The number of sulfone groups is 1. The van der Waals surface area contributed by atoms with Gasteiger partial charge in [-0.3, -0.25) is 4.79 Å². The molecule has 0 N–H and O–H groups in total. The fourth-order valence-electron chi connectivity index (χ4n) is 2.29. The second-order valence-corrected chi connectivity index (χ2v) is 6.72. The number of pyridine rings is 1. The van der Waals surface area contributed by atoms with E-state index in [0.29, 0.717) is 13.0 Å². The highest BCUT2D eigenvalue weighted by molar-refractivity contribution is 7.91. The number of halogens is 1. The third kappa shape index (κ3) is 2.91. The Morgan fingerprint density at radius 3 is 2.84 bits per heavy atom. The molecular formula is C12H15FN2O3S. The molecule has 1 saturated heterocycles. The number of hydrogen-bond acceptors (Lipinski definition) is 4. The molecule has 0 bridgehead atoms. The molecule has 2 rings (SSSR count). The number of hydrogen-bond donors (Lipinski definition) is 0. The summed E-state index contributed by atoms with van der Waals surface area (Å²) in [5, 5.41) is 0. The molecule has 0 saturated carbocycles. The molecule has 1 aromatic rings. The van der Waals surface area contributed by atoms with E-state index in [1.807, 2.05) is 0 Å². The first-order valence-electron chi connectivity index (χ1n) is 6.06. The normalized spacial score (nSPS) is 21.3. The van der Waals surface area contributed by atoms with Crippen LogP contribution in [0.25, 0.3) is 0 Å². The Kier molecular flexibility index (Phi) is 3.84. The lowest BCUT2D eigenvalue weighted by Crippen LogP contribution is -2.41. The predicted octanol–water partition coefficient (Wildman–Crippen LogP) is 0.870. The van der Waals surface area contributed by atoms with Crippen LogP contribution in [0.15, 0.2) is 18.3 Å². The van der Waals surface area contributed by atoms with Crippen LogP contribution in [-0.4, -0.2) is 48.3 Å². The lowest BCUT2D eigenvalue weighted by atomic mass is 10.1. The van der Waals surface area contributed by atoms with E-state index < -0.39 is 21.7 Å². The zero-order valence-corrected chi connectivity index (χ0v) is 11.4. The van der Waals surface area contributed by atoms with Gasteiger partial charge in [0.2, 0.25) is 5.95 Å². The fourth-order valence-corrected chi connectivity index (χ4v) is 4.02. The maximum Gasteiger partial charge on any atom is 0.258 e. The first-order valence-corrected chi connectivity index (χ1v) is 7.88. The Balaban J connectivity index is 2.24. The lowest BCUT2D eigenvalue weighted by molar-refractivity contribution is 0.0702. The van der Waals surface area contributed by atoms with Crippen molar-refractivity contribution in [2.75, 3.05) is 18.1 Å². The molecule has 5 nitrogen and oxygen atoms in total. The Bertz CT molecular complexity index is 588. The van der Waals surface area contributed by atoms with E-state index in [1.54, 1.807) is 6.92 Å². The Morgan fingerprint density at radius 1 is 1.58 bits per heavy atom. The van der Waals surface area contributed by atoms with Gasteiger partial charge in [-0.25, -0.2) is 13.4 Å². The maximum atomic E-state index is 13.5. The molecule has 1 fully saturated rings. The third-order valence-corrected chi connectivity index (χ3v) is 4.99. The van der Waals surface area contributed by atoms with E-state index in [0.717, 1.165) is 0 Å². The number of nitrogens with zero attached hydrogens (tertiary/aromatic N) is 2. The zero-order valence-electron chi connectivity index (χ0n) is 10.5. The lowest BCUT2D eigenvalue weighted by Gasteiger charge is -2.26. The van der Waals surface area contributed by atoms with Crippen LogP contribution in [0.4, 0.5) is 4.39 Å².